The summed E-state index contributed by atoms with van der Waals surface area (Å²) in [5.41, 5.74) is -0.712. The maximum atomic E-state index is 13.6. The molecular formula is C24H48N6O3S. The zero-order valence-corrected chi connectivity index (χ0v) is 23.5. The van der Waals surface area contributed by atoms with Crippen molar-refractivity contribution in [3.05, 3.63) is 0 Å². The van der Waals surface area contributed by atoms with Crippen molar-refractivity contribution in [1.82, 2.24) is 30.5 Å². The topological polar surface area (TPSA) is 106 Å². The van der Waals surface area contributed by atoms with Crippen molar-refractivity contribution in [2.24, 2.45) is 10.8 Å². The summed E-state index contributed by atoms with van der Waals surface area (Å²) in [4.78, 5) is 40.9. The second-order valence-corrected chi connectivity index (χ2v) is 12.5. The molecule has 0 saturated carbocycles. The lowest BCUT2D eigenvalue weighted by Gasteiger charge is -2.37. The van der Waals surface area contributed by atoms with Gasteiger partial charge in [-0.2, -0.15) is 0 Å². The summed E-state index contributed by atoms with van der Waals surface area (Å²) >= 11 is 4.24. The van der Waals surface area contributed by atoms with Crippen molar-refractivity contribution in [3.63, 3.8) is 0 Å². The predicted molar refractivity (Wildman–Crippen MR) is 141 cm³/mol. The van der Waals surface area contributed by atoms with E-state index in [1.807, 2.05) is 41.7 Å². The number of nitrogens with one attached hydrogen (secondary N) is 4. The van der Waals surface area contributed by atoms with Gasteiger partial charge in [0, 0.05) is 38.3 Å². The number of likely N-dealkylation sites (tertiary alicyclic amines) is 1. The normalized spacial score (nSPS) is 18.7. The van der Waals surface area contributed by atoms with Crippen LogP contribution in [0.2, 0.25) is 0 Å². The van der Waals surface area contributed by atoms with Crippen molar-refractivity contribution in [3.8, 4) is 0 Å². The molecule has 34 heavy (non-hydrogen) atoms. The summed E-state index contributed by atoms with van der Waals surface area (Å²) in [7, 11) is 1.89. The van der Waals surface area contributed by atoms with E-state index in [1.165, 1.54) is 0 Å². The first-order chi connectivity index (χ1) is 15.5. The third kappa shape index (κ3) is 10.00. The van der Waals surface area contributed by atoms with Crippen molar-refractivity contribution in [2.75, 3.05) is 33.2 Å². The Balaban J connectivity index is 2.91. The molecule has 4 amide bonds. The molecule has 198 valence electrons. The van der Waals surface area contributed by atoms with Gasteiger partial charge < -0.3 is 26.2 Å². The Labute approximate surface area is 212 Å². The van der Waals surface area contributed by atoms with Crippen LogP contribution in [-0.2, 0) is 9.59 Å². The second-order valence-electron chi connectivity index (χ2n) is 11.8. The van der Waals surface area contributed by atoms with Gasteiger partial charge in [0.2, 0.25) is 11.8 Å². The average molecular weight is 501 g/mol. The molecule has 0 aliphatic carbocycles. The van der Waals surface area contributed by atoms with Crippen molar-refractivity contribution in [1.29, 1.82) is 0 Å². The lowest BCUT2D eigenvalue weighted by Crippen LogP contribution is -2.61. The van der Waals surface area contributed by atoms with E-state index >= 15 is 0 Å². The molecule has 1 heterocycles. The summed E-state index contributed by atoms with van der Waals surface area (Å²) in [6.07, 6.45) is 1.40. The van der Waals surface area contributed by atoms with Crippen LogP contribution in [0.5, 0.6) is 0 Å². The zero-order valence-electron chi connectivity index (χ0n) is 22.6. The van der Waals surface area contributed by atoms with E-state index in [0.29, 0.717) is 19.5 Å². The fraction of sp³-hybridized carbons (Fsp3) is 0.875. The summed E-state index contributed by atoms with van der Waals surface area (Å²) in [6.45, 7) is 18.4. The Morgan fingerprint density at radius 1 is 1.03 bits per heavy atom. The van der Waals surface area contributed by atoms with Crippen molar-refractivity contribution < 1.29 is 14.4 Å². The molecule has 0 spiro atoms. The number of urea groups is 1. The van der Waals surface area contributed by atoms with Gasteiger partial charge in [-0.05, 0) is 44.6 Å². The molecule has 1 aliphatic heterocycles. The number of rotatable bonds is 10. The SMILES string of the molecule is CC(C)NC(=O)C1CCCN1C(=O)C(NC(=O)NC(CNCCN(C)S)C(C)(C)C)C(C)(C)C. The van der Waals surface area contributed by atoms with Crippen LogP contribution in [-0.4, -0.2) is 84.4 Å². The smallest absolute Gasteiger partial charge is 0.315 e. The van der Waals surface area contributed by atoms with Gasteiger partial charge >= 0.3 is 6.03 Å². The number of nitrogens with zero attached hydrogens (tertiary/aromatic N) is 2. The highest BCUT2D eigenvalue weighted by Gasteiger charge is 2.42. The van der Waals surface area contributed by atoms with Gasteiger partial charge in [-0.3, -0.25) is 13.9 Å². The number of carbonyl (C=O) groups excluding carboxylic acids is 3. The van der Waals surface area contributed by atoms with Crippen LogP contribution in [0, 0.1) is 10.8 Å². The molecule has 0 aromatic heterocycles. The second kappa shape index (κ2) is 13.0. The molecule has 3 unspecified atom stereocenters. The summed E-state index contributed by atoms with van der Waals surface area (Å²) < 4.78 is 1.80. The highest BCUT2D eigenvalue weighted by Crippen LogP contribution is 2.26. The quantitative estimate of drug-likeness (QED) is 0.233. The van der Waals surface area contributed by atoms with Crippen LogP contribution < -0.4 is 21.3 Å². The number of hydrogen-bond acceptors (Lipinski definition) is 6. The molecule has 1 aliphatic rings. The van der Waals surface area contributed by atoms with Crippen LogP contribution in [0.1, 0.15) is 68.2 Å². The van der Waals surface area contributed by atoms with Gasteiger partial charge in [-0.15, -0.1) is 0 Å². The largest absolute Gasteiger partial charge is 0.352 e. The van der Waals surface area contributed by atoms with Crippen LogP contribution >= 0.6 is 12.8 Å². The Kier molecular flexibility index (Phi) is 11.6. The lowest BCUT2D eigenvalue weighted by molar-refractivity contribution is -0.142. The standard InChI is InChI=1S/C24H48N6O3S/c1-16(2)26-20(31)17-11-10-13-30(17)21(32)19(24(6,7)8)28-22(33)27-18(23(3,4)5)15-25-12-14-29(9)34/h16-19,25,34H,10-15H2,1-9H3,(H,26,31)(H2,27,28,33). The Morgan fingerprint density at radius 3 is 2.15 bits per heavy atom. The lowest BCUT2D eigenvalue weighted by atomic mass is 9.85. The van der Waals surface area contributed by atoms with E-state index in [4.69, 9.17) is 0 Å². The van der Waals surface area contributed by atoms with Gasteiger partial charge in [0.1, 0.15) is 12.1 Å². The maximum Gasteiger partial charge on any atom is 0.315 e. The third-order valence-corrected chi connectivity index (χ3v) is 6.17. The third-order valence-electron chi connectivity index (χ3n) is 5.97. The Bertz CT molecular complexity index is 687. The van der Waals surface area contributed by atoms with Crippen LogP contribution in [0.25, 0.3) is 0 Å². The minimum absolute atomic E-state index is 0.00321. The van der Waals surface area contributed by atoms with E-state index in [9.17, 15) is 14.4 Å². The van der Waals surface area contributed by atoms with E-state index in [1.54, 1.807) is 9.21 Å². The zero-order chi connectivity index (χ0) is 26.3. The molecule has 9 nitrogen and oxygen atoms in total. The minimum Gasteiger partial charge on any atom is -0.352 e. The molecule has 1 rings (SSSR count). The average Bonchev–Trinajstić information content (AvgIpc) is 3.15. The molecule has 0 aromatic carbocycles. The van der Waals surface area contributed by atoms with E-state index in [-0.39, 0.29) is 35.3 Å². The number of amides is 4. The summed E-state index contributed by atoms with van der Waals surface area (Å²) in [5, 5.41) is 12.3. The van der Waals surface area contributed by atoms with Gasteiger partial charge in [-0.25, -0.2) is 4.79 Å². The van der Waals surface area contributed by atoms with E-state index in [2.05, 4.69) is 54.9 Å². The molecule has 10 heteroatoms. The molecular weight excluding hydrogens is 452 g/mol. The number of carbonyl (C=O) groups is 3. The summed E-state index contributed by atoms with van der Waals surface area (Å²) in [5.74, 6) is -0.352. The summed E-state index contributed by atoms with van der Waals surface area (Å²) in [6, 6.07) is -1.79. The van der Waals surface area contributed by atoms with Crippen molar-refractivity contribution in [2.45, 2.75) is 92.4 Å². The molecule has 0 radical (unpaired) electrons. The van der Waals surface area contributed by atoms with Crippen LogP contribution in [0.4, 0.5) is 4.79 Å². The van der Waals surface area contributed by atoms with Crippen LogP contribution in [0.15, 0.2) is 0 Å². The molecule has 3 atom stereocenters. The monoisotopic (exact) mass is 500 g/mol. The highest BCUT2D eigenvalue weighted by atomic mass is 32.1. The van der Waals surface area contributed by atoms with E-state index < -0.39 is 17.5 Å². The van der Waals surface area contributed by atoms with Crippen molar-refractivity contribution >= 4 is 30.7 Å². The first kappa shape index (κ1) is 30.5. The molecule has 1 saturated heterocycles. The van der Waals surface area contributed by atoms with Crippen LogP contribution in [0.3, 0.4) is 0 Å². The van der Waals surface area contributed by atoms with Gasteiger partial charge in [0.25, 0.3) is 0 Å². The van der Waals surface area contributed by atoms with Gasteiger partial charge in [-0.1, -0.05) is 54.4 Å². The molecule has 4 N–H and O–H groups in total. The predicted octanol–water partition coefficient (Wildman–Crippen LogP) is 2.00. The number of thiol groups is 1. The number of hydrogen-bond donors (Lipinski definition) is 5. The minimum atomic E-state index is -0.758. The first-order valence-corrected chi connectivity index (χ1v) is 12.7. The Hall–Kier alpha value is -1.52. The molecule has 1 fully saturated rings. The maximum absolute atomic E-state index is 13.6. The fourth-order valence-electron chi connectivity index (χ4n) is 3.89. The Morgan fingerprint density at radius 2 is 1.65 bits per heavy atom. The van der Waals surface area contributed by atoms with Gasteiger partial charge in [0.05, 0.1) is 0 Å². The fourth-order valence-corrected chi connectivity index (χ4v) is 3.99. The molecule has 0 aromatic rings. The van der Waals surface area contributed by atoms with E-state index in [0.717, 1.165) is 19.5 Å². The highest BCUT2D eigenvalue weighted by molar-refractivity contribution is 7.77. The van der Waals surface area contributed by atoms with Gasteiger partial charge in [0.15, 0.2) is 0 Å². The molecule has 0 bridgehead atoms. The number of likely N-dealkylation sites (N-methyl/N-ethyl adjacent to an activating group) is 1. The first-order valence-electron chi connectivity index (χ1n) is 12.3.